The molecule has 0 aromatic heterocycles. The Bertz CT molecular complexity index is 1040. The number of aliphatic carboxylic acids is 1. The summed E-state index contributed by atoms with van der Waals surface area (Å²) in [5, 5.41) is 42.4. The standard InChI is InChI=1S/C25H31BrF2O7/c1-11-6-12-13-7-16(27)14-8-18(30)15(26)9-22(14,2)24(13,28)19(31)10-23(12,3)25(11,35)21(34)17(29)4-5-20(32)33/h8-9,11-13,16-17,19,29,31,35H,4-7,10H2,1-3H3,(H,32,33)/t11-,12+,13+,16-,17?,19+,22+,23+,24+,25+/m1/s1. The molecular formula is C25H31BrF2O7. The third-order valence-corrected chi connectivity index (χ3v) is 10.2. The molecule has 0 aliphatic heterocycles. The van der Waals surface area contributed by atoms with E-state index in [1.807, 2.05) is 0 Å². The Morgan fingerprint density at radius 1 is 1.26 bits per heavy atom. The lowest BCUT2D eigenvalue weighted by Crippen LogP contribution is -2.71. The van der Waals surface area contributed by atoms with E-state index in [1.165, 1.54) is 13.0 Å². The fourth-order valence-electron chi connectivity index (χ4n) is 7.76. The maximum absolute atomic E-state index is 17.2. The van der Waals surface area contributed by atoms with Crippen LogP contribution < -0.4 is 0 Å². The van der Waals surface area contributed by atoms with E-state index >= 15 is 8.78 Å². The highest BCUT2D eigenvalue weighted by Crippen LogP contribution is 2.71. The summed E-state index contributed by atoms with van der Waals surface area (Å²) in [7, 11) is 0. The van der Waals surface area contributed by atoms with Crippen molar-refractivity contribution in [2.24, 2.45) is 28.6 Å². The summed E-state index contributed by atoms with van der Waals surface area (Å²) in [6.07, 6.45) is -4.09. The number of aliphatic hydroxyl groups excluding tert-OH is 2. The zero-order chi connectivity index (χ0) is 26.3. The van der Waals surface area contributed by atoms with Gasteiger partial charge in [-0.1, -0.05) is 19.9 Å². The summed E-state index contributed by atoms with van der Waals surface area (Å²) in [6, 6.07) is 0. The fourth-order valence-corrected chi connectivity index (χ4v) is 8.34. The van der Waals surface area contributed by atoms with E-state index < -0.39 is 88.6 Å². The van der Waals surface area contributed by atoms with Gasteiger partial charge in [0.1, 0.15) is 17.9 Å². The Balaban J connectivity index is 1.78. The number of hydrogen-bond donors (Lipinski definition) is 4. The molecule has 7 nitrogen and oxygen atoms in total. The van der Waals surface area contributed by atoms with Crippen LogP contribution in [0.5, 0.6) is 0 Å². The van der Waals surface area contributed by atoms with Gasteiger partial charge < -0.3 is 20.4 Å². The van der Waals surface area contributed by atoms with Gasteiger partial charge in [0.25, 0.3) is 0 Å². The minimum atomic E-state index is -2.37. The quantitative estimate of drug-likeness (QED) is 0.406. The molecule has 10 heteroatoms. The summed E-state index contributed by atoms with van der Waals surface area (Å²) < 4.78 is 32.8. The number of halogens is 3. The van der Waals surface area contributed by atoms with E-state index in [2.05, 4.69) is 15.9 Å². The monoisotopic (exact) mass is 560 g/mol. The first-order valence-corrected chi connectivity index (χ1v) is 12.7. The highest BCUT2D eigenvalue weighted by Gasteiger charge is 2.77. The number of carbonyl (C=O) groups excluding carboxylic acids is 2. The van der Waals surface area contributed by atoms with Gasteiger partial charge in [-0.25, -0.2) is 8.78 Å². The number of carboxylic acids is 1. The van der Waals surface area contributed by atoms with Crippen LogP contribution in [0.2, 0.25) is 0 Å². The van der Waals surface area contributed by atoms with E-state index in [4.69, 9.17) is 5.11 Å². The SMILES string of the molecule is C[C@@H]1C[C@H]2[C@@H]3C[C@@H](F)C4=CC(=O)C(Br)=C[C@]4(C)[C@@]3(F)[C@@H](O)C[C@]2(C)[C@@]1(O)C(=O)C(O)CCC(=O)O. The van der Waals surface area contributed by atoms with Gasteiger partial charge in [-0.15, -0.1) is 0 Å². The first kappa shape index (κ1) is 26.6. The van der Waals surface area contributed by atoms with Crippen LogP contribution in [0.25, 0.3) is 0 Å². The smallest absolute Gasteiger partial charge is 0.303 e. The van der Waals surface area contributed by atoms with E-state index in [9.17, 15) is 29.7 Å². The molecule has 4 rings (SSSR count). The van der Waals surface area contributed by atoms with Crippen molar-refractivity contribution < 1.29 is 43.6 Å². The molecule has 194 valence electrons. The van der Waals surface area contributed by atoms with Crippen molar-refractivity contribution in [3.8, 4) is 0 Å². The Morgan fingerprint density at radius 3 is 2.49 bits per heavy atom. The molecular weight excluding hydrogens is 530 g/mol. The Labute approximate surface area is 210 Å². The summed E-state index contributed by atoms with van der Waals surface area (Å²) in [6.45, 7) is 4.61. The van der Waals surface area contributed by atoms with Crippen molar-refractivity contribution in [2.75, 3.05) is 0 Å². The molecule has 0 aromatic rings. The predicted octanol–water partition coefficient (Wildman–Crippen LogP) is 2.80. The maximum Gasteiger partial charge on any atom is 0.303 e. The first-order valence-electron chi connectivity index (χ1n) is 11.9. The summed E-state index contributed by atoms with van der Waals surface area (Å²) in [4.78, 5) is 36.4. The minimum absolute atomic E-state index is 0.0337. The molecule has 35 heavy (non-hydrogen) atoms. The van der Waals surface area contributed by atoms with Crippen LogP contribution in [-0.4, -0.2) is 67.6 Å². The molecule has 0 heterocycles. The maximum atomic E-state index is 17.2. The molecule has 3 fully saturated rings. The second-order valence-electron chi connectivity index (χ2n) is 11.2. The normalized spacial score (nSPS) is 47.7. The molecule has 1 unspecified atom stereocenters. The topological polar surface area (TPSA) is 132 Å². The van der Waals surface area contributed by atoms with Crippen LogP contribution in [0.15, 0.2) is 22.2 Å². The van der Waals surface area contributed by atoms with Crippen LogP contribution in [0, 0.1) is 28.6 Å². The molecule has 10 atom stereocenters. The largest absolute Gasteiger partial charge is 0.481 e. The second-order valence-corrected chi connectivity index (χ2v) is 12.1. The summed E-state index contributed by atoms with van der Waals surface area (Å²) >= 11 is 3.13. The van der Waals surface area contributed by atoms with Crippen molar-refractivity contribution in [2.45, 2.75) is 82.5 Å². The molecule has 0 radical (unpaired) electrons. The number of Topliss-reactive ketones (excluding diaryl/α,β-unsaturated/α-hetero) is 1. The van der Waals surface area contributed by atoms with Gasteiger partial charge in [0.15, 0.2) is 17.2 Å². The Morgan fingerprint density at radius 2 is 1.89 bits per heavy atom. The predicted molar refractivity (Wildman–Crippen MR) is 124 cm³/mol. The lowest BCUT2D eigenvalue weighted by Gasteiger charge is -2.63. The molecule has 3 saturated carbocycles. The van der Waals surface area contributed by atoms with Crippen LogP contribution in [0.3, 0.4) is 0 Å². The highest BCUT2D eigenvalue weighted by atomic mass is 79.9. The minimum Gasteiger partial charge on any atom is -0.481 e. The molecule has 0 saturated heterocycles. The van der Waals surface area contributed by atoms with Crippen molar-refractivity contribution >= 4 is 33.5 Å². The van der Waals surface area contributed by atoms with Gasteiger partial charge >= 0.3 is 5.97 Å². The number of alkyl halides is 2. The fraction of sp³-hybridized carbons (Fsp3) is 0.720. The summed E-state index contributed by atoms with van der Waals surface area (Å²) in [5.41, 5.74) is -7.59. The lowest BCUT2D eigenvalue weighted by atomic mass is 9.44. The molecule has 4 N–H and O–H groups in total. The van der Waals surface area contributed by atoms with Crippen LogP contribution in [-0.2, 0) is 14.4 Å². The highest BCUT2D eigenvalue weighted by molar-refractivity contribution is 9.12. The van der Waals surface area contributed by atoms with E-state index in [-0.39, 0.29) is 29.3 Å². The third-order valence-electron chi connectivity index (χ3n) is 9.58. The van der Waals surface area contributed by atoms with Gasteiger partial charge in [0.05, 0.1) is 10.6 Å². The Hall–Kier alpha value is -1.49. The number of allylic oxidation sites excluding steroid dienone is 4. The van der Waals surface area contributed by atoms with Crippen LogP contribution >= 0.6 is 15.9 Å². The lowest BCUT2D eigenvalue weighted by molar-refractivity contribution is -0.225. The number of ketones is 2. The van der Waals surface area contributed by atoms with E-state index in [0.29, 0.717) is 0 Å². The van der Waals surface area contributed by atoms with Crippen LogP contribution in [0.1, 0.15) is 52.9 Å². The Kier molecular flexibility index (Phi) is 6.27. The van der Waals surface area contributed by atoms with E-state index in [1.54, 1.807) is 13.8 Å². The summed E-state index contributed by atoms with van der Waals surface area (Å²) in [5.74, 6) is -5.20. The molecule has 4 aliphatic carbocycles. The van der Waals surface area contributed by atoms with Gasteiger partial charge in [0, 0.05) is 23.2 Å². The molecule has 0 amide bonds. The number of carboxylic acid groups (broad SMARTS) is 1. The van der Waals surface area contributed by atoms with Crippen molar-refractivity contribution in [3.63, 3.8) is 0 Å². The molecule has 4 aliphatic rings. The van der Waals surface area contributed by atoms with E-state index in [0.717, 1.165) is 6.08 Å². The van der Waals surface area contributed by atoms with Crippen LogP contribution in [0.4, 0.5) is 8.78 Å². The number of rotatable bonds is 5. The van der Waals surface area contributed by atoms with Crippen molar-refractivity contribution in [3.05, 3.63) is 22.2 Å². The number of fused-ring (bicyclic) bond motifs is 5. The zero-order valence-electron chi connectivity index (χ0n) is 19.8. The van der Waals surface area contributed by atoms with Crippen molar-refractivity contribution in [1.29, 1.82) is 0 Å². The van der Waals surface area contributed by atoms with Gasteiger partial charge in [-0.05, 0) is 72.0 Å². The zero-order valence-corrected chi connectivity index (χ0v) is 21.4. The first-order chi connectivity index (χ1) is 16.1. The van der Waals surface area contributed by atoms with Gasteiger partial charge in [0.2, 0.25) is 0 Å². The second kappa shape index (κ2) is 8.26. The molecule has 0 bridgehead atoms. The molecule has 0 spiro atoms. The van der Waals surface area contributed by atoms with Gasteiger partial charge in [-0.3, -0.25) is 14.4 Å². The third kappa shape index (κ3) is 3.32. The average molecular weight is 561 g/mol. The average Bonchev–Trinajstić information content (AvgIpc) is 2.97. The number of carbonyl (C=O) groups is 3. The van der Waals surface area contributed by atoms with Gasteiger partial charge in [-0.2, -0.15) is 0 Å². The number of hydrogen-bond acceptors (Lipinski definition) is 6. The van der Waals surface area contributed by atoms with Crippen molar-refractivity contribution in [1.82, 2.24) is 0 Å². The molecule has 0 aromatic carbocycles. The number of aliphatic hydroxyl groups is 3.